The fourth-order valence-corrected chi connectivity index (χ4v) is 4.88. The maximum absolute atomic E-state index is 13.2. The number of carboxylic acids is 1. The van der Waals surface area contributed by atoms with Crippen LogP contribution in [0.1, 0.15) is 40.9 Å². The number of aliphatic carboxylic acids is 1. The topological polar surface area (TPSA) is 97.1 Å². The summed E-state index contributed by atoms with van der Waals surface area (Å²) in [5, 5.41) is 17.5. The highest BCUT2D eigenvalue weighted by molar-refractivity contribution is 6.42. The van der Waals surface area contributed by atoms with Gasteiger partial charge in [0.05, 0.1) is 45.0 Å². The fourth-order valence-electron chi connectivity index (χ4n) is 4.58. The number of nitrogens with zero attached hydrogens (tertiary/aromatic N) is 3. The third-order valence-corrected chi connectivity index (χ3v) is 7.64. The molecule has 0 fully saturated rings. The van der Waals surface area contributed by atoms with Gasteiger partial charge in [-0.25, -0.2) is 0 Å². The molecule has 1 atom stereocenters. The molecule has 0 saturated carbocycles. The fraction of sp³-hybridized carbons (Fsp3) is 0.161. The molecular weight excluding hydrogens is 604 g/mol. The summed E-state index contributed by atoms with van der Waals surface area (Å²) < 4.78 is 41.5. The van der Waals surface area contributed by atoms with Gasteiger partial charge in [-0.05, 0) is 61.0 Å². The Morgan fingerprint density at radius 3 is 2.37 bits per heavy atom. The zero-order chi connectivity index (χ0) is 30.9. The first kappa shape index (κ1) is 30.1. The number of fused-ring (bicyclic) bond motifs is 1. The lowest BCUT2D eigenvalue weighted by Gasteiger charge is -2.17. The van der Waals surface area contributed by atoms with Gasteiger partial charge in [0.1, 0.15) is 0 Å². The first-order chi connectivity index (χ1) is 20.4. The molecule has 2 heterocycles. The van der Waals surface area contributed by atoms with E-state index in [0.29, 0.717) is 43.5 Å². The van der Waals surface area contributed by atoms with Gasteiger partial charge in [-0.15, -0.1) is 0 Å². The molecule has 0 radical (unpaired) electrons. The van der Waals surface area contributed by atoms with Crippen LogP contribution < -0.4 is 5.32 Å². The number of carbonyl (C=O) groups excluding carboxylic acids is 1. The van der Waals surface area contributed by atoms with Crippen molar-refractivity contribution in [1.29, 1.82) is 0 Å². The zero-order valence-corrected chi connectivity index (χ0v) is 24.0. The van der Waals surface area contributed by atoms with Crippen molar-refractivity contribution < 1.29 is 27.9 Å². The number of pyridine rings is 1. The Morgan fingerprint density at radius 2 is 1.70 bits per heavy atom. The smallest absolute Gasteiger partial charge is 0.416 e. The molecule has 220 valence electrons. The lowest BCUT2D eigenvalue weighted by atomic mass is 10.0. The van der Waals surface area contributed by atoms with E-state index in [0.717, 1.165) is 17.7 Å². The SMILES string of the molecule is CC(c1ccc(C(=O)NCCC(=O)O)cc1)n1nc(-c2ccc(Cl)c(Cl)c2)cc1-c1cnc2cc(C(F)(F)F)ccc2c1. The minimum atomic E-state index is -4.48. The number of aromatic nitrogens is 3. The Hall–Kier alpha value is -4.41. The molecular formula is C31H23Cl2F3N4O3. The van der Waals surface area contributed by atoms with Crippen LogP contribution in [0.15, 0.2) is 79.0 Å². The van der Waals surface area contributed by atoms with Crippen molar-refractivity contribution in [1.82, 2.24) is 20.1 Å². The van der Waals surface area contributed by atoms with E-state index in [1.807, 2.05) is 13.0 Å². The quantitative estimate of drug-likeness (QED) is 0.182. The predicted octanol–water partition coefficient (Wildman–Crippen LogP) is 7.90. The lowest BCUT2D eigenvalue weighted by Crippen LogP contribution is -2.26. The highest BCUT2D eigenvalue weighted by atomic mass is 35.5. The minimum Gasteiger partial charge on any atom is -0.481 e. The van der Waals surface area contributed by atoms with Crippen LogP contribution in [0.2, 0.25) is 10.0 Å². The number of rotatable bonds is 8. The monoisotopic (exact) mass is 626 g/mol. The van der Waals surface area contributed by atoms with E-state index in [1.54, 1.807) is 53.2 Å². The van der Waals surface area contributed by atoms with Gasteiger partial charge in [0.25, 0.3) is 5.91 Å². The van der Waals surface area contributed by atoms with E-state index in [9.17, 15) is 22.8 Å². The van der Waals surface area contributed by atoms with Crippen molar-refractivity contribution in [3.05, 3.63) is 106 Å². The molecule has 1 unspecified atom stereocenters. The molecule has 0 saturated heterocycles. The predicted molar refractivity (Wildman–Crippen MR) is 158 cm³/mol. The third kappa shape index (κ3) is 6.65. The van der Waals surface area contributed by atoms with Gasteiger partial charge in [0.2, 0.25) is 0 Å². The number of halogens is 5. The maximum Gasteiger partial charge on any atom is 0.416 e. The van der Waals surface area contributed by atoms with Gasteiger partial charge in [-0.1, -0.05) is 47.5 Å². The Balaban J connectivity index is 1.53. The molecule has 12 heteroatoms. The summed E-state index contributed by atoms with van der Waals surface area (Å²) in [4.78, 5) is 27.4. The van der Waals surface area contributed by atoms with Crippen molar-refractivity contribution >= 4 is 46.0 Å². The average molecular weight is 627 g/mol. The Morgan fingerprint density at radius 1 is 0.953 bits per heavy atom. The Labute approximate surface area is 253 Å². The van der Waals surface area contributed by atoms with Crippen molar-refractivity contribution in [3.63, 3.8) is 0 Å². The molecule has 0 aliphatic carbocycles. The summed E-state index contributed by atoms with van der Waals surface area (Å²) in [6, 6.07) is 18.6. The van der Waals surface area contributed by atoms with Crippen LogP contribution >= 0.6 is 23.2 Å². The van der Waals surface area contributed by atoms with Crippen LogP contribution in [0.25, 0.3) is 33.4 Å². The molecule has 0 aliphatic heterocycles. The van der Waals surface area contributed by atoms with Crippen LogP contribution in [0.5, 0.6) is 0 Å². The van der Waals surface area contributed by atoms with Gasteiger partial charge in [0, 0.05) is 34.8 Å². The van der Waals surface area contributed by atoms with E-state index < -0.39 is 23.6 Å². The largest absolute Gasteiger partial charge is 0.481 e. The average Bonchev–Trinajstić information content (AvgIpc) is 3.42. The normalized spacial score (nSPS) is 12.3. The second-order valence-corrected chi connectivity index (χ2v) is 10.6. The van der Waals surface area contributed by atoms with E-state index in [2.05, 4.69) is 10.3 Å². The van der Waals surface area contributed by atoms with Gasteiger partial charge >= 0.3 is 12.1 Å². The van der Waals surface area contributed by atoms with Crippen molar-refractivity contribution in [2.24, 2.45) is 0 Å². The first-order valence-electron chi connectivity index (χ1n) is 13.0. The molecule has 0 bridgehead atoms. The molecule has 1 amide bonds. The number of hydrogen-bond donors (Lipinski definition) is 2. The van der Waals surface area contributed by atoms with Crippen LogP contribution in [0.4, 0.5) is 13.2 Å². The lowest BCUT2D eigenvalue weighted by molar-refractivity contribution is -0.138. The molecule has 3 aromatic carbocycles. The van der Waals surface area contributed by atoms with Gasteiger partial charge in [0.15, 0.2) is 0 Å². The molecule has 5 rings (SSSR count). The number of hydrogen-bond acceptors (Lipinski definition) is 4. The third-order valence-electron chi connectivity index (χ3n) is 6.90. The van der Waals surface area contributed by atoms with E-state index >= 15 is 0 Å². The maximum atomic E-state index is 13.2. The second kappa shape index (κ2) is 12.1. The van der Waals surface area contributed by atoms with E-state index in [1.165, 1.54) is 12.3 Å². The Bertz CT molecular complexity index is 1840. The molecule has 43 heavy (non-hydrogen) atoms. The van der Waals surface area contributed by atoms with Crippen LogP contribution in [-0.2, 0) is 11.0 Å². The summed E-state index contributed by atoms with van der Waals surface area (Å²) >= 11 is 12.4. The number of carboxylic acid groups (broad SMARTS) is 1. The highest BCUT2D eigenvalue weighted by Gasteiger charge is 2.30. The summed E-state index contributed by atoms with van der Waals surface area (Å²) in [5.41, 5.74) is 3.19. The van der Waals surface area contributed by atoms with Crippen molar-refractivity contribution in [2.75, 3.05) is 6.54 Å². The van der Waals surface area contributed by atoms with Crippen LogP contribution in [0.3, 0.4) is 0 Å². The summed E-state index contributed by atoms with van der Waals surface area (Å²) in [6.07, 6.45) is -3.16. The second-order valence-electron chi connectivity index (χ2n) is 9.82. The number of nitrogens with one attached hydrogen (secondary N) is 1. The molecule has 0 aliphatic rings. The van der Waals surface area contributed by atoms with Crippen molar-refractivity contribution in [2.45, 2.75) is 25.6 Å². The highest BCUT2D eigenvalue weighted by Crippen LogP contribution is 2.35. The molecule has 0 spiro atoms. The summed E-state index contributed by atoms with van der Waals surface area (Å²) in [6.45, 7) is 1.93. The summed E-state index contributed by atoms with van der Waals surface area (Å²) in [5.74, 6) is -1.40. The summed E-state index contributed by atoms with van der Waals surface area (Å²) in [7, 11) is 0. The van der Waals surface area contributed by atoms with E-state index in [4.69, 9.17) is 33.4 Å². The minimum absolute atomic E-state index is 0.0117. The Kier molecular flexibility index (Phi) is 8.43. The first-order valence-corrected chi connectivity index (χ1v) is 13.8. The number of carbonyl (C=O) groups is 2. The van der Waals surface area contributed by atoms with Gasteiger partial charge in [-0.3, -0.25) is 19.3 Å². The van der Waals surface area contributed by atoms with E-state index in [-0.39, 0.29) is 24.5 Å². The number of alkyl halides is 3. The molecule has 5 aromatic rings. The standard InChI is InChI=1S/C31H23Cl2F3N4O3/c1-17(18-2-4-19(5-3-18)30(43)37-11-10-29(41)42)40-28(15-27(39-40)21-7-9-24(32)25(33)13-21)22-12-20-6-8-23(31(34,35)36)14-26(20)38-16-22/h2-9,12-17H,10-11H2,1H3,(H,37,43)(H,41,42). The van der Waals surface area contributed by atoms with Crippen molar-refractivity contribution in [3.8, 4) is 22.5 Å². The number of benzene rings is 3. The molecule has 2 aromatic heterocycles. The van der Waals surface area contributed by atoms with Gasteiger partial charge in [-0.2, -0.15) is 18.3 Å². The molecule has 7 nitrogen and oxygen atoms in total. The van der Waals surface area contributed by atoms with Gasteiger partial charge < -0.3 is 10.4 Å². The van der Waals surface area contributed by atoms with Crippen LogP contribution in [0, 0.1) is 0 Å². The van der Waals surface area contributed by atoms with Crippen LogP contribution in [-0.4, -0.2) is 38.3 Å². The number of amides is 1. The molecule has 2 N–H and O–H groups in total. The zero-order valence-electron chi connectivity index (χ0n) is 22.5.